The van der Waals surface area contributed by atoms with Crippen LogP contribution in [0.15, 0.2) is 0 Å². The number of thiol groups is 1. The van der Waals surface area contributed by atoms with E-state index in [0.717, 1.165) is 0 Å². The van der Waals surface area contributed by atoms with Crippen molar-refractivity contribution in [2.24, 2.45) is 0 Å². The summed E-state index contributed by atoms with van der Waals surface area (Å²) in [7, 11) is 1.58. The molecule has 7 heavy (non-hydrogen) atoms. The number of hydrogen-bond donors (Lipinski definition) is 1. The van der Waals surface area contributed by atoms with Crippen LogP contribution in [0.25, 0.3) is 0 Å². The van der Waals surface area contributed by atoms with Crippen molar-refractivity contribution in [2.75, 3.05) is 0 Å². The molecule has 1 aliphatic rings. The van der Waals surface area contributed by atoms with Crippen molar-refractivity contribution in [1.82, 2.24) is 0 Å². The fraction of sp³-hybridized carbons (Fsp3) is 1.00. The van der Waals surface area contributed by atoms with Gasteiger partial charge in [0.25, 0.3) is 0 Å². The van der Waals surface area contributed by atoms with E-state index in [4.69, 9.17) is 8.42 Å². The van der Waals surface area contributed by atoms with Gasteiger partial charge in [-0.05, 0) is 0 Å². The minimum Gasteiger partial charge on any atom is -0.215 e. The normalized spacial score (nSPS) is 15.1. The third kappa shape index (κ3) is 73.0. The average molecular weight is 143 g/mol. The van der Waals surface area contributed by atoms with E-state index in [-0.39, 0.29) is 0 Å². The van der Waals surface area contributed by atoms with Crippen LogP contribution < -0.4 is 0 Å². The van der Waals surface area contributed by atoms with Gasteiger partial charge >= 0.3 is 0 Å². The zero-order valence-electron chi connectivity index (χ0n) is 3.76. The first kappa shape index (κ1) is 7.24. The van der Waals surface area contributed by atoms with Crippen LogP contribution in [0.5, 0.6) is 0 Å². The highest BCUT2D eigenvalue weighted by molar-refractivity contribution is 7.98. The number of halogens is 1. The summed E-state index contributed by atoms with van der Waals surface area (Å²) in [6.07, 6.45) is 4.50. The maximum Gasteiger partial charge on any atom is 0.222 e. The Labute approximate surface area is 48.9 Å². The Bertz CT molecular complexity index is 86.4. The SMILES string of the molecule is C1CC1.O=[SH](=O)Cl. The third-order valence-corrected chi connectivity index (χ3v) is 0.354. The van der Waals surface area contributed by atoms with Gasteiger partial charge in [0.1, 0.15) is 0 Å². The Morgan fingerprint density at radius 2 is 1.29 bits per heavy atom. The van der Waals surface area contributed by atoms with E-state index >= 15 is 0 Å². The van der Waals surface area contributed by atoms with Gasteiger partial charge in [-0.3, -0.25) is 0 Å². The summed E-state index contributed by atoms with van der Waals surface area (Å²) in [5.41, 5.74) is 0. The molecule has 0 saturated heterocycles. The Hall–Kier alpha value is 0.240. The monoisotopic (exact) mass is 142 g/mol. The van der Waals surface area contributed by atoms with Crippen LogP contribution in [0.3, 0.4) is 0 Å². The molecule has 2 nitrogen and oxygen atoms in total. The molecule has 0 N–H and O–H groups in total. The van der Waals surface area contributed by atoms with Crippen molar-refractivity contribution in [3.8, 4) is 0 Å². The minimum absolute atomic E-state index is 1.50. The van der Waals surface area contributed by atoms with E-state index in [9.17, 15) is 0 Å². The summed E-state index contributed by atoms with van der Waals surface area (Å²) in [6, 6.07) is 0. The first-order valence-electron chi connectivity index (χ1n) is 2.03. The summed E-state index contributed by atoms with van der Waals surface area (Å²) < 4.78 is 17.6. The van der Waals surface area contributed by atoms with E-state index in [1.165, 1.54) is 19.3 Å². The van der Waals surface area contributed by atoms with Gasteiger partial charge in [0.05, 0.1) is 0 Å². The molecule has 1 fully saturated rings. The number of hydrogen-bond acceptors (Lipinski definition) is 2. The van der Waals surface area contributed by atoms with Gasteiger partial charge in [-0.15, -0.1) is 0 Å². The minimum atomic E-state index is -2.65. The van der Waals surface area contributed by atoms with E-state index in [0.29, 0.717) is 0 Å². The van der Waals surface area contributed by atoms with Crippen molar-refractivity contribution in [3.63, 3.8) is 0 Å². The maximum absolute atomic E-state index is 8.80. The summed E-state index contributed by atoms with van der Waals surface area (Å²) in [4.78, 5) is 0. The molecule has 0 radical (unpaired) electrons. The second kappa shape index (κ2) is 4.40. The van der Waals surface area contributed by atoms with Gasteiger partial charge in [0.2, 0.25) is 9.92 Å². The van der Waals surface area contributed by atoms with Crippen LogP contribution in [-0.2, 0) is 9.92 Å². The highest BCUT2D eigenvalue weighted by atomic mass is 35.7. The third-order valence-electron chi connectivity index (χ3n) is 0.354. The van der Waals surface area contributed by atoms with Gasteiger partial charge in [-0.25, -0.2) is 8.42 Å². The molecule has 0 bridgehead atoms. The van der Waals surface area contributed by atoms with Crippen LogP contribution in [0.1, 0.15) is 19.3 Å². The second-order valence-corrected chi connectivity index (χ2v) is 2.53. The molecule has 1 saturated carbocycles. The zero-order valence-corrected chi connectivity index (χ0v) is 5.41. The van der Waals surface area contributed by atoms with Gasteiger partial charge in [-0.1, -0.05) is 19.3 Å². The molecular weight excluding hydrogens is 136 g/mol. The Morgan fingerprint density at radius 3 is 1.29 bits per heavy atom. The van der Waals surface area contributed by atoms with Crippen molar-refractivity contribution >= 4 is 20.6 Å². The van der Waals surface area contributed by atoms with E-state index in [1.54, 1.807) is 0 Å². The van der Waals surface area contributed by atoms with Crippen LogP contribution in [0, 0.1) is 0 Å². The molecule has 4 heteroatoms. The average Bonchev–Trinajstić information content (AvgIpc) is 2.02. The Balaban J connectivity index is 0.000000105. The first-order valence-corrected chi connectivity index (χ1v) is 4.12. The zero-order chi connectivity index (χ0) is 5.70. The molecule has 44 valence electrons. The van der Waals surface area contributed by atoms with Crippen molar-refractivity contribution in [3.05, 3.63) is 0 Å². The molecule has 0 heterocycles. The largest absolute Gasteiger partial charge is 0.222 e. The molecule has 1 aliphatic carbocycles. The quantitative estimate of drug-likeness (QED) is 0.403. The van der Waals surface area contributed by atoms with E-state index in [2.05, 4.69) is 10.7 Å². The number of rotatable bonds is 0. The molecule has 0 atom stereocenters. The highest BCUT2D eigenvalue weighted by Gasteiger charge is 1.95. The lowest BCUT2D eigenvalue weighted by molar-refractivity contribution is 0.626. The maximum atomic E-state index is 8.80. The molecule has 0 aliphatic heterocycles. The van der Waals surface area contributed by atoms with Crippen LogP contribution >= 0.6 is 10.7 Å². The standard InChI is InChI=1S/C3H6.ClHO2S/c1-2-3-1;1-4(2)3/h1-3H2;4H. The Morgan fingerprint density at radius 1 is 1.14 bits per heavy atom. The fourth-order valence-corrected chi connectivity index (χ4v) is 0. The Kier molecular flexibility index (Phi) is 4.55. The van der Waals surface area contributed by atoms with Crippen LogP contribution in [0.2, 0.25) is 0 Å². The van der Waals surface area contributed by atoms with Gasteiger partial charge < -0.3 is 0 Å². The molecule has 0 unspecified atom stereocenters. The second-order valence-electron chi connectivity index (χ2n) is 1.27. The highest BCUT2D eigenvalue weighted by Crippen LogP contribution is 2.14. The summed E-state index contributed by atoms with van der Waals surface area (Å²) in [5.74, 6) is 0. The smallest absolute Gasteiger partial charge is 0.215 e. The lowest BCUT2D eigenvalue weighted by Gasteiger charge is -1.37. The predicted octanol–water partition coefficient (Wildman–Crippen LogP) is 0.922. The summed E-state index contributed by atoms with van der Waals surface area (Å²) >= 11 is 0. The van der Waals surface area contributed by atoms with Crippen molar-refractivity contribution in [1.29, 1.82) is 0 Å². The molecule has 0 aromatic rings. The van der Waals surface area contributed by atoms with E-state index < -0.39 is 9.92 Å². The molecule has 0 aromatic heterocycles. The molecule has 0 amide bonds. The van der Waals surface area contributed by atoms with Crippen LogP contribution in [-0.4, -0.2) is 8.42 Å². The first-order chi connectivity index (χ1) is 3.23. The van der Waals surface area contributed by atoms with Crippen molar-refractivity contribution < 1.29 is 8.42 Å². The van der Waals surface area contributed by atoms with Gasteiger partial charge in [0.15, 0.2) is 0 Å². The summed E-state index contributed by atoms with van der Waals surface area (Å²) in [6.45, 7) is 0. The fourth-order valence-electron chi connectivity index (χ4n) is 0. The molecule has 1 rings (SSSR count). The lowest BCUT2D eigenvalue weighted by atomic mass is 11.0. The van der Waals surface area contributed by atoms with Crippen LogP contribution in [0.4, 0.5) is 0 Å². The molecular formula is C3H7ClO2S. The molecule has 0 aromatic carbocycles. The lowest BCUT2D eigenvalue weighted by Crippen LogP contribution is -1.41. The van der Waals surface area contributed by atoms with Crippen molar-refractivity contribution in [2.45, 2.75) is 19.3 Å². The topological polar surface area (TPSA) is 34.1 Å². The summed E-state index contributed by atoms with van der Waals surface area (Å²) in [5, 5.41) is 0. The van der Waals surface area contributed by atoms with Gasteiger partial charge in [-0.2, -0.15) is 0 Å². The predicted molar refractivity (Wildman–Crippen MR) is 30.0 cm³/mol. The van der Waals surface area contributed by atoms with Gasteiger partial charge in [0, 0.05) is 10.7 Å². The van der Waals surface area contributed by atoms with E-state index in [1.807, 2.05) is 0 Å². The molecule has 0 spiro atoms.